The van der Waals surface area contributed by atoms with Gasteiger partial charge in [0.2, 0.25) is 0 Å². The summed E-state index contributed by atoms with van der Waals surface area (Å²) in [5.41, 5.74) is 6.10. The monoisotopic (exact) mass is 165 g/mol. The lowest BCUT2D eigenvalue weighted by molar-refractivity contribution is 1.17. The van der Waals surface area contributed by atoms with Crippen molar-refractivity contribution in [3.63, 3.8) is 0 Å². The molecule has 0 atom stereocenters. The van der Waals surface area contributed by atoms with Crippen molar-refractivity contribution >= 4 is 17.4 Å². The standard InChI is InChI=1S/C7H7N3S/c8-3-5-6(4-1-2-4)11-10-7(5)9/h4H,1-2H2,(H2,9,10). The number of nitrogens with two attached hydrogens (primary N) is 1. The second-order valence-corrected chi connectivity index (χ2v) is 3.50. The SMILES string of the molecule is N#Cc1c(N)nsc1C1CC1. The fraction of sp³-hybridized carbons (Fsp3) is 0.429. The first-order valence-corrected chi connectivity index (χ1v) is 4.25. The number of hydrogen-bond donors (Lipinski definition) is 1. The minimum absolute atomic E-state index is 0.402. The van der Waals surface area contributed by atoms with Gasteiger partial charge in [-0.3, -0.25) is 0 Å². The van der Waals surface area contributed by atoms with Gasteiger partial charge in [0.15, 0.2) is 5.82 Å². The molecule has 0 aliphatic heterocycles. The third kappa shape index (κ3) is 0.976. The Morgan fingerprint density at radius 1 is 1.64 bits per heavy atom. The summed E-state index contributed by atoms with van der Waals surface area (Å²) in [6.45, 7) is 0. The third-order valence-corrected chi connectivity index (χ3v) is 2.83. The van der Waals surface area contributed by atoms with Gasteiger partial charge in [-0.15, -0.1) is 0 Å². The Hall–Kier alpha value is -1.08. The Morgan fingerprint density at radius 2 is 2.36 bits per heavy atom. The van der Waals surface area contributed by atoms with E-state index in [-0.39, 0.29) is 0 Å². The molecule has 1 fully saturated rings. The second-order valence-electron chi connectivity index (χ2n) is 2.69. The summed E-state index contributed by atoms with van der Waals surface area (Å²) >= 11 is 1.37. The molecule has 0 aromatic carbocycles. The van der Waals surface area contributed by atoms with E-state index in [1.54, 1.807) is 0 Å². The highest BCUT2D eigenvalue weighted by Crippen LogP contribution is 2.44. The first kappa shape index (κ1) is 6.62. The number of nitriles is 1. The molecule has 2 N–H and O–H groups in total. The lowest BCUT2D eigenvalue weighted by Crippen LogP contribution is -1.88. The summed E-state index contributed by atoms with van der Waals surface area (Å²) in [5, 5.41) is 8.70. The van der Waals surface area contributed by atoms with Gasteiger partial charge in [0.05, 0.1) is 0 Å². The molecular formula is C7H7N3S. The van der Waals surface area contributed by atoms with Gasteiger partial charge in [-0.1, -0.05) is 0 Å². The lowest BCUT2D eigenvalue weighted by atomic mass is 10.2. The Bertz CT molecular complexity index is 319. The first-order chi connectivity index (χ1) is 5.33. The zero-order valence-electron chi connectivity index (χ0n) is 5.87. The number of aromatic nitrogens is 1. The maximum absolute atomic E-state index is 8.70. The van der Waals surface area contributed by atoms with Crippen molar-refractivity contribution in [2.75, 3.05) is 5.73 Å². The number of anilines is 1. The van der Waals surface area contributed by atoms with Crippen molar-refractivity contribution in [3.8, 4) is 6.07 Å². The maximum Gasteiger partial charge on any atom is 0.155 e. The van der Waals surface area contributed by atoms with E-state index < -0.39 is 0 Å². The summed E-state index contributed by atoms with van der Waals surface area (Å²) in [6, 6.07) is 2.09. The van der Waals surface area contributed by atoms with Gasteiger partial charge in [0, 0.05) is 4.88 Å². The predicted molar refractivity (Wildman–Crippen MR) is 43.2 cm³/mol. The molecule has 1 aromatic rings. The molecule has 56 valence electrons. The normalized spacial score (nSPS) is 16.3. The van der Waals surface area contributed by atoms with Gasteiger partial charge in [-0.2, -0.15) is 9.64 Å². The van der Waals surface area contributed by atoms with Crippen molar-refractivity contribution in [2.45, 2.75) is 18.8 Å². The van der Waals surface area contributed by atoms with Gasteiger partial charge >= 0.3 is 0 Å². The van der Waals surface area contributed by atoms with E-state index in [1.165, 1.54) is 24.4 Å². The van der Waals surface area contributed by atoms with Crippen molar-refractivity contribution in [1.29, 1.82) is 5.26 Å². The molecule has 11 heavy (non-hydrogen) atoms. The number of nitrogen functional groups attached to an aromatic ring is 1. The number of nitrogens with zero attached hydrogens (tertiary/aromatic N) is 2. The average molecular weight is 165 g/mol. The van der Waals surface area contributed by atoms with Gasteiger partial charge in [0.1, 0.15) is 11.6 Å². The zero-order chi connectivity index (χ0) is 7.84. The molecule has 2 rings (SSSR count). The van der Waals surface area contributed by atoms with Gasteiger partial charge in [-0.25, -0.2) is 0 Å². The van der Waals surface area contributed by atoms with Crippen LogP contribution in [0.5, 0.6) is 0 Å². The van der Waals surface area contributed by atoms with E-state index in [2.05, 4.69) is 10.4 Å². The molecule has 3 nitrogen and oxygen atoms in total. The van der Waals surface area contributed by atoms with E-state index in [1.807, 2.05) is 0 Å². The molecule has 1 aliphatic rings. The van der Waals surface area contributed by atoms with E-state index in [9.17, 15) is 0 Å². The highest BCUT2D eigenvalue weighted by atomic mass is 32.1. The smallest absolute Gasteiger partial charge is 0.155 e. The Balaban J connectivity index is 2.47. The highest BCUT2D eigenvalue weighted by molar-refractivity contribution is 7.06. The minimum atomic E-state index is 0.402. The van der Waals surface area contributed by atoms with Crippen LogP contribution in [0.25, 0.3) is 0 Å². The summed E-state index contributed by atoms with van der Waals surface area (Å²) in [4.78, 5) is 1.09. The van der Waals surface area contributed by atoms with Crippen LogP contribution < -0.4 is 5.73 Å². The molecule has 0 spiro atoms. The summed E-state index contributed by atoms with van der Waals surface area (Å²) in [5.74, 6) is 0.985. The van der Waals surface area contributed by atoms with E-state index in [0.717, 1.165) is 4.88 Å². The van der Waals surface area contributed by atoms with E-state index in [0.29, 0.717) is 17.3 Å². The average Bonchev–Trinajstić information content (AvgIpc) is 2.76. The van der Waals surface area contributed by atoms with E-state index >= 15 is 0 Å². The molecule has 0 radical (unpaired) electrons. The lowest BCUT2D eigenvalue weighted by Gasteiger charge is -1.88. The number of rotatable bonds is 1. The largest absolute Gasteiger partial charge is 0.382 e. The highest BCUT2D eigenvalue weighted by Gasteiger charge is 2.29. The molecule has 0 unspecified atom stereocenters. The van der Waals surface area contributed by atoms with Crippen LogP contribution in [0.15, 0.2) is 0 Å². The summed E-state index contributed by atoms with van der Waals surface area (Å²) in [7, 11) is 0. The summed E-state index contributed by atoms with van der Waals surface area (Å²) < 4.78 is 3.95. The van der Waals surface area contributed by atoms with Crippen LogP contribution in [0.3, 0.4) is 0 Å². The molecular weight excluding hydrogens is 158 g/mol. The van der Waals surface area contributed by atoms with Gasteiger partial charge in [-0.05, 0) is 30.3 Å². The Labute approximate surface area is 68.6 Å². The van der Waals surface area contributed by atoms with Crippen molar-refractivity contribution in [3.05, 3.63) is 10.4 Å². The Morgan fingerprint density at radius 3 is 2.91 bits per heavy atom. The molecule has 0 bridgehead atoms. The van der Waals surface area contributed by atoms with E-state index in [4.69, 9.17) is 11.0 Å². The van der Waals surface area contributed by atoms with Crippen molar-refractivity contribution in [2.24, 2.45) is 0 Å². The van der Waals surface area contributed by atoms with Gasteiger partial charge < -0.3 is 5.73 Å². The molecule has 1 aromatic heterocycles. The van der Waals surface area contributed by atoms with Crippen LogP contribution in [0.2, 0.25) is 0 Å². The molecule has 0 saturated heterocycles. The molecule has 1 heterocycles. The quantitative estimate of drug-likeness (QED) is 0.685. The van der Waals surface area contributed by atoms with Gasteiger partial charge in [0.25, 0.3) is 0 Å². The maximum atomic E-state index is 8.70. The van der Waals surface area contributed by atoms with Crippen LogP contribution in [0, 0.1) is 11.3 Å². The predicted octanol–water partition coefficient (Wildman–Crippen LogP) is 1.47. The molecule has 1 saturated carbocycles. The molecule has 4 heteroatoms. The topological polar surface area (TPSA) is 62.7 Å². The molecule has 0 amide bonds. The van der Waals surface area contributed by atoms with Crippen LogP contribution in [-0.4, -0.2) is 4.37 Å². The number of hydrogen-bond acceptors (Lipinski definition) is 4. The summed E-state index contributed by atoms with van der Waals surface area (Å²) in [6.07, 6.45) is 2.38. The van der Waals surface area contributed by atoms with Crippen molar-refractivity contribution < 1.29 is 0 Å². The van der Waals surface area contributed by atoms with Crippen LogP contribution in [0.4, 0.5) is 5.82 Å². The second kappa shape index (κ2) is 2.21. The molecule has 1 aliphatic carbocycles. The fourth-order valence-electron chi connectivity index (χ4n) is 1.05. The van der Waals surface area contributed by atoms with Crippen molar-refractivity contribution in [1.82, 2.24) is 4.37 Å². The van der Waals surface area contributed by atoms with Crippen LogP contribution >= 0.6 is 11.5 Å². The van der Waals surface area contributed by atoms with Crippen LogP contribution in [-0.2, 0) is 0 Å². The first-order valence-electron chi connectivity index (χ1n) is 3.48. The minimum Gasteiger partial charge on any atom is -0.382 e. The zero-order valence-corrected chi connectivity index (χ0v) is 6.69. The fourth-order valence-corrected chi connectivity index (χ4v) is 1.97. The van der Waals surface area contributed by atoms with Crippen LogP contribution in [0.1, 0.15) is 29.2 Å². The Kier molecular flexibility index (Phi) is 1.33. The third-order valence-electron chi connectivity index (χ3n) is 1.80.